The van der Waals surface area contributed by atoms with Gasteiger partial charge in [-0.25, -0.2) is 13.8 Å². The van der Waals surface area contributed by atoms with Crippen LogP contribution in [0.2, 0.25) is 0 Å². The molecule has 1 N–H and O–H groups in total. The minimum absolute atomic E-state index is 0.0736. The zero-order chi connectivity index (χ0) is 19.6. The van der Waals surface area contributed by atoms with Gasteiger partial charge >= 0.3 is 0 Å². The molecule has 0 aliphatic heterocycles. The molecule has 3 aromatic rings. The fourth-order valence-electron chi connectivity index (χ4n) is 2.51. The molecule has 0 radical (unpaired) electrons. The molecule has 0 spiro atoms. The van der Waals surface area contributed by atoms with E-state index in [1.807, 2.05) is 32.0 Å². The van der Waals surface area contributed by atoms with Gasteiger partial charge in [0, 0.05) is 17.4 Å². The molecule has 1 heterocycles. The number of hydrogen-bond donors (Lipinski definition) is 1. The van der Waals surface area contributed by atoms with E-state index in [1.54, 1.807) is 6.07 Å². The molecule has 27 heavy (non-hydrogen) atoms. The van der Waals surface area contributed by atoms with Crippen molar-refractivity contribution in [2.24, 2.45) is 0 Å². The van der Waals surface area contributed by atoms with Gasteiger partial charge in [0.05, 0.1) is 5.69 Å². The van der Waals surface area contributed by atoms with Crippen LogP contribution in [0.3, 0.4) is 0 Å². The first-order valence-corrected chi connectivity index (χ1v) is 9.06. The second-order valence-electron chi connectivity index (χ2n) is 6.03. The normalized spacial score (nSPS) is 10.6. The highest BCUT2D eigenvalue weighted by Crippen LogP contribution is 2.26. The highest BCUT2D eigenvalue weighted by atomic mass is 32.2. The van der Waals surface area contributed by atoms with Gasteiger partial charge in [-0.2, -0.15) is 5.26 Å². The first kappa shape index (κ1) is 18.8. The molecular formula is C20H15F2N3OS. The van der Waals surface area contributed by atoms with Gasteiger partial charge in [0.25, 0.3) is 5.56 Å². The SMILES string of the molecule is Cc1ccc(-c2nc(SCc3ccc(F)cc3F)[nH]c(=O)c2C#N)cc1C. The van der Waals surface area contributed by atoms with Crippen molar-refractivity contribution in [3.8, 4) is 17.3 Å². The summed E-state index contributed by atoms with van der Waals surface area (Å²) < 4.78 is 26.8. The largest absolute Gasteiger partial charge is 0.300 e. The summed E-state index contributed by atoms with van der Waals surface area (Å²) in [5.74, 6) is -1.15. The molecule has 0 unspecified atom stereocenters. The van der Waals surface area contributed by atoms with Crippen LogP contribution in [0.25, 0.3) is 11.3 Å². The number of aromatic nitrogens is 2. The lowest BCUT2D eigenvalue weighted by atomic mass is 10.0. The van der Waals surface area contributed by atoms with Crippen molar-refractivity contribution in [2.75, 3.05) is 0 Å². The summed E-state index contributed by atoms with van der Waals surface area (Å²) in [4.78, 5) is 19.2. The molecule has 2 aromatic carbocycles. The van der Waals surface area contributed by atoms with E-state index in [-0.39, 0.29) is 22.2 Å². The van der Waals surface area contributed by atoms with Crippen LogP contribution in [-0.4, -0.2) is 9.97 Å². The smallest absolute Gasteiger partial charge is 0.270 e. The topological polar surface area (TPSA) is 69.5 Å². The number of aryl methyl sites for hydroxylation is 2. The van der Waals surface area contributed by atoms with Gasteiger partial charge in [-0.05, 0) is 42.7 Å². The third-order valence-corrected chi connectivity index (χ3v) is 5.09. The Morgan fingerprint density at radius 1 is 1.15 bits per heavy atom. The molecule has 3 rings (SSSR count). The lowest BCUT2D eigenvalue weighted by Crippen LogP contribution is -2.15. The first-order chi connectivity index (χ1) is 12.9. The van der Waals surface area contributed by atoms with E-state index in [2.05, 4.69) is 9.97 Å². The summed E-state index contributed by atoms with van der Waals surface area (Å²) in [5, 5.41) is 9.60. The number of H-pyrrole nitrogens is 1. The third kappa shape index (κ3) is 4.07. The Labute approximate surface area is 158 Å². The second kappa shape index (κ2) is 7.72. The standard InChI is InChI=1S/C20H15F2N3OS/c1-11-3-4-13(7-12(11)2)18-16(9-23)19(26)25-20(24-18)27-10-14-5-6-15(21)8-17(14)22/h3-8H,10H2,1-2H3,(H,24,25,26). The highest BCUT2D eigenvalue weighted by Gasteiger charge is 2.15. The lowest BCUT2D eigenvalue weighted by molar-refractivity contribution is 0.576. The molecule has 7 heteroatoms. The molecule has 4 nitrogen and oxygen atoms in total. The molecule has 0 saturated heterocycles. The Morgan fingerprint density at radius 2 is 1.93 bits per heavy atom. The van der Waals surface area contributed by atoms with Crippen molar-refractivity contribution in [3.05, 3.63) is 80.6 Å². The number of halogens is 2. The maximum atomic E-state index is 13.8. The van der Waals surface area contributed by atoms with E-state index in [0.29, 0.717) is 11.1 Å². The summed E-state index contributed by atoms with van der Waals surface area (Å²) in [6.45, 7) is 3.90. The molecule has 0 amide bonds. The number of thioether (sulfide) groups is 1. The fraction of sp³-hybridized carbons (Fsp3) is 0.150. The predicted molar refractivity (Wildman–Crippen MR) is 100 cm³/mol. The molecule has 136 valence electrons. The molecule has 1 aromatic heterocycles. The monoisotopic (exact) mass is 383 g/mol. The van der Waals surface area contributed by atoms with Crippen LogP contribution >= 0.6 is 11.8 Å². The van der Waals surface area contributed by atoms with E-state index in [9.17, 15) is 18.8 Å². The number of hydrogen-bond acceptors (Lipinski definition) is 4. The van der Waals surface area contributed by atoms with Gasteiger partial charge < -0.3 is 4.98 Å². The maximum absolute atomic E-state index is 13.8. The van der Waals surface area contributed by atoms with Crippen molar-refractivity contribution in [3.63, 3.8) is 0 Å². The summed E-state index contributed by atoms with van der Waals surface area (Å²) in [7, 11) is 0. The maximum Gasteiger partial charge on any atom is 0.270 e. The van der Waals surface area contributed by atoms with Gasteiger partial charge in [0.2, 0.25) is 0 Å². The van der Waals surface area contributed by atoms with Gasteiger partial charge in [0.1, 0.15) is 23.3 Å². The van der Waals surface area contributed by atoms with Crippen LogP contribution in [0.15, 0.2) is 46.3 Å². The average molecular weight is 383 g/mol. The van der Waals surface area contributed by atoms with Crippen LogP contribution in [0.5, 0.6) is 0 Å². The minimum Gasteiger partial charge on any atom is -0.300 e. The van der Waals surface area contributed by atoms with Crippen LogP contribution in [0.1, 0.15) is 22.3 Å². The van der Waals surface area contributed by atoms with Crippen molar-refractivity contribution >= 4 is 11.8 Å². The van der Waals surface area contributed by atoms with E-state index in [0.717, 1.165) is 29.0 Å². The second-order valence-corrected chi connectivity index (χ2v) is 6.99. The molecular weight excluding hydrogens is 368 g/mol. The predicted octanol–water partition coefficient (Wildman–Crippen LogP) is 4.50. The van der Waals surface area contributed by atoms with Crippen molar-refractivity contribution in [2.45, 2.75) is 24.8 Å². The Morgan fingerprint density at radius 3 is 2.59 bits per heavy atom. The number of benzene rings is 2. The summed E-state index contributed by atoms with van der Waals surface area (Å²) in [5.41, 5.74) is 2.71. The van der Waals surface area contributed by atoms with Gasteiger partial charge in [0.15, 0.2) is 5.16 Å². The number of aromatic amines is 1. The quantitative estimate of drug-likeness (QED) is 0.532. The summed E-state index contributed by atoms with van der Waals surface area (Å²) >= 11 is 1.10. The Bertz CT molecular complexity index is 1120. The lowest BCUT2D eigenvalue weighted by Gasteiger charge is -2.09. The molecule has 0 bridgehead atoms. The Balaban J connectivity index is 1.98. The average Bonchev–Trinajstić information content (AvgIpc) is 2.63. The van der Waals surface area contributed by atoms with E-state index in [4.69, 9.17) is 0 Å². The number of nitriles is 1. The third-order valence-electron chi connectivity index (χ3n) is 4.17. The molecule has 0 aliphatic rings. The first-order valence-electron chi connectivity index (χ1n) is 8.08. The van der Waals surface area contributed by atoms with Crippen LogP contribution in [-0.2, 0) is 5.75 Å². The highest BCUT2D eigenvalue weighted by molar-refractivity contribution is 7.98. The van der Waals surface area contributed by atoms with Crippen LogP contribution < -0.4 is 5.56 Å². The van der Waals surface area contributed by atoms with Crippen LogP contribution in [0.4, 0.5) is 8.78 Å². The number of rotatable bonds is 4. The minimum atomic E-state index is -0.659. The number of nitrogens with one attached hydrogen (secondary N) is 1. The van der Waals surface area contributed by atoms with Gasteiger partial charge in [-0.3, -0.25) is 4.79 Å². The Kier molecular flexibility index (Phi) is 5.38. The summed E-state index contributed by atoms with van der Waals surface area (Å²) in [6, 6.07) is 10.8. The molecule has 0 fully saturated rings. The van der Waals surface area contributed by atoms with Gasteiger partial charge in [-0.1, -0.05) is 30.0 Å². The van der Waals surface area contributed by atoms with E-state index < -0.39 is 17.2 Å². The molecule has 0 atom stereocenters. The zero-order valence-corrected chi connectivity index (χ0v) is 15.5. The van der Waals surface area contributed by atoms with Crippen molar-refractivity contribution in [1.82, 2.24) is 9.97 Å². The summed E-state index contributed by atoms with van der Waals surface area (Å²) in [6.07, 6.45) is 0. The Hall–Kier alpha value is -2.98. The number of nitrogens with zero attached hydrogens (tertiary/aromatic N) is 2. The fourth-order valence-corrected chi connectivity index (χ4v) is 3.35. The van der Waals surface area contributed by atoms with Gasteiger partial charge in [-0.15, -0.1) is 0 Å². The van der Waals surface area contributed by atoms with Crippen LogP contribution in [0, 0.1) is 36.8 Å². The zero-order valence-electron chi connectivity index (χ0n) is 14.6. The van der Waals surface area contributed by atoms with E-state index >= 15 is 0 Å². The molecule has 0 aliphatic carbocycles. The molecule has 0 saturated carbocycles. The van der Waals surface area contributed by atoms with Crippen molar-refractivity contribution in [1.29, 1.82) is 5.26 Å². The van der Waals surface area contributed by atoms with E-state index in [1.165, 1.54) is 12.1 Å². The van der Waals surface area contributed by atoms with Crippen molar-refractivity contribution < 1.29 is 8.78 Å².